The molecular weight excluding hydrogens is 717 g/mol. The van der Waals surface area contributed by atoms with Gasteiger partial charge in [-0.15, -0.1) is 11.3 Å². The molecule has 0 spiro atoms. The highest BCUT2D eigenvalue weighted by atomic mass is 32.1. The number of para-hydroxylation sites is 2. The minimum absolute atomic E-state index is 0.601. The zero-order valence-corrected chi connectivity index (χ0v) is 31.2. The monoisotopic (exact) mass is 746 g/mol. The van der Waals surface area contributed by atoms with E-state index >= 15 is 0 Å². The van der Waals surface area contributed by atoms with E-state index in [0.29, 0.717) is 17.5 Å². The summed E-state index contributed by atoms with van der Waals surface area (Å²) in [6, 6.07) is 63.9. The Morgan fingerprint density at radius 2 is 0.912 bits per heavy atom. The van der Waals surface area contributed by atoms with Gasteiger partial charge < -0.3 is 8.98 Å². The predicted molar refractivity (Wildman–Crippen MR) is 236 cm³/mol. The summed E-state index contributed by atoms with van der Waals surface area (Å²) in [5.74, 6) is 1.87. The molecule has 0 aliphatic carbocycles. The van der Waals surface area contributed by atoms with Crippen molar-refractivity contribution >= 4 is 75.3 Å². The SMILES string of the molecule is c1ccc(-c2nc(-c3ccccc3)nc(-c3ccc4c(c3)oc3ccc(-c5ccc6sc7cc(-n8c9ccccc9c9ccccc98)ccc7c6c5)cc34)n2)cc1. The maximum atomic E-state index is 6.47. The number of hydrogen-bond acceptors (Lipinski definition) is 5. The lowest BCUT2D eigenvalue weighted by Gasteiger charge is -2.08. The van der Waals surface area contributed by atoms with Gasteiger partial charge in [0.15, 0.2) is 17.5 Å². The fourth-order valence-electron chi connectivity index (χ4n) is 8.32. The van der Waals surface area contributed by atoms with E-state index in [1.165, 1.54) is 53.2 Å². The standard InChI is InChI=1S/C51H30N4OS/c1-3-11-31(12-4-1)49-52-50(32-13-5-2-6-14-32)54-51(53-49)35-19-23-39-41-27-33(20-25-45(41)56-46(39)29-35)34-21-26-47-42(28-34)40-24-22-36(30-48(40)57-47)55-43-17-9-7-15-37(43)38-16-8-10-18-44(38)55/h1-30H. The Morgan fingerprint density at radius 1 is 0.351 bits per heavy atom. The smallest absolute Gasteiger partial charge is 0.164 e. The number of benzene rings is 8. The van der Waals surface area contributed by atoms with Gasteiger partial charge in [0.2, 0.25) is 0 Å². The topological polar surface area (TPSA) is 56.7 Å². The first-order valence-corrected chi connectivity index (χ1v) is 19.8. The minimum atomic E-state index is 0.601. The van der Waals surface area contributed by atoms with Crippen molar-refractivity contribution in [3.63, 3.8) is 0 Å². The van der Waals surface area contributed by atoms with Crippen LogP contribution in [0.5, 0.6) is 0 Å². The second-order valence-corrected chi connectivity index (χ2v) is 15.5. The van der Waals surface area contributed by atoms with Gasteiger partial charge in [-0.2, -0.15) is 0 Å². The van der Waals surface area contributed by atoms with E-state index < -0.39 is 0 Å². The summed E-state index contributed by atoms with van der Waals surface area (Å²) >= 11 is 1.85. The molecule has 0 atom stereocenters. The molecule has 0 fully saturated rings. The molecule has 0 N–H and O–H groups in total. The predicted octanol–water partition coefficient (Wildman–Crippen LogP) is 13.9. The van der Waals surface area contributed by atoms with Crippen LogP contribution in [0.1, 0.15) is 0 Å². The van der Waals surface area contributed by atoms with Crippen molar-refractivity contribution < 1.29 is 4.42 Å². The second-order valence-electron chi connectivity index (χ2n) is 14.4. The third-order valence-electron chi connectivity index (χ3n) is 11.1. The van der Waals surface area contributed by atoms with Crippen molar-refractivity contribution in [3.8, 4) is 51.0 Å². The van der Waals surface area contributed by atoms with Crippen LogP contribution in [0.15, 0.2) is 186 Å². The molecule has 0 saturated carbocycles. The number of nitrogens with zero attached hydrogens (tertiary/aromatic N) is 4. The Balaban J connectivity index is 0.925. The lowest BCUT2D eigenvalue weighted by Crippen LogP contribution is -2.00. The maximum absolute atomic E-state index is 6.47. The summed E-state index contributed by atoms with van der Waals surface area (Å²) in [4.78, 5) is 14.7. The van der Waals surface area contributed by atoms with E-state index in [0.717, 1.165) is 44.2 Å². The van der Waals surface area contributed by atoms with Crippen molar-refractivity contribution in [1.29, 1.82) is 0 Å². The Labute approximate surface area is 330 Å². The Hall–Kier alpha value is -7.41. The quantitative estimate of drug-likeness (QED) is 0.176. The van der Waals surface area contributed by atoms with Gasteiger partial charge in [-0.1, -0.05) is 121 Å². The molecular formula is C51H30N4OS. The highest BCUT2D eigenvalue weighted by Crippen LogP contribution is 2.41. The zero-order chi connectivity index (χ0) is 37.5. The van der Waals surface area contributed by atoms with Crippen LogP contribution in [0.4, 0.5) is 0 Å². The summed E-state index contributed by atoms with van der Waals surface area (Å²) < 4.78 is 11.4. The van der Waals surface area contributed by atoms with Gasteiger partial charge in [0.25, 0.3) is 0 Å². The van der Waals surface area contributed by atoms with Crippen molar-refractivity contribution in [2.24, 2.45) is 0 Å². The number of thiophene rings is 1. The first kappa shape index (κ1) is 31.9. The molecule has 5 nitrogen and oxygen atoms in total. The van der Waals surface area contributed by atoms with Crippen LogP contribution >= 0.6 is 11.3 Å². The molecule has 12 rings (SSSR count). The number of hydrogen-bond donors (Lipinski definition) is 0. The summed E-state index contributed by atoms with van der Waals surface area (Å²) in [6.07, 6.45) is 0. The average molecular weight is 747 g/mol. The van der Waals surface area contributed by atoms with Crippen LogP contribution in [-0.2, 0) is 0 Å². The molecule has 266 valence electrons. The Kier molecular flexibility index (Phi) is 7.03. The van der Waals surface area contributed by atoms with Crippen LogP contribution in [0, 0.1) is 0 Å². The fourth-order valence-corrected chi connectivity index (χ4v) is 9.44. The molecule has 0 unspecified atom stereocenters. The fraction of sp³-hybridized carbons (Fsp3) is 0. The van der Waals surface area contributed by atoms with Crippen molar-refractivity contribution in [2.45, 2.75) is 0 Å². The third-order valence-corrected chi connectivity index (χ3v) is 12.2. The van der Waals surface area contributed by atoms with Crippen LogP contribution < -0.4 is 0 Å². The Bertz CT molecular complexity index is 3420. The van der Waals surface area contributed by atoms with E-state index in [9.17, 15) is 0 Å². The number of furan rings is 1. The third kappa shape index (κ3) is 5.19. The molecule has 6 heteroatoms. The molecule has 12 aromatic rings. The molecule has 57 heavy (non-hydrogen) atoms. The average Bonchev–Trinajstić information content (AvgIpc) is 3.95. The van der Waals surface area contributed by atoms with E-state index in [2.05, 4.69) is 120 Å². The molecule has 4 heterocycles. The van der Waals surface area contributed by atoms with Crippen LogP contribution in [0.2, 0.25) is 0 Å². The summed E-state index contributed by atoms with van der Waals surface area (Å²) in [5, 5.41) is 7.21. The molecule has 0 amide bonds. The van der Waals surface area contributed by atoms with Crippen LogP contribution in [0.25, 0.3) is 115 Å². The highest BCUT2D eigenvalue weighted by molar-refractivity contribution is 7.25. The normalized spacial score (nSPS) is 11.9. The molecule has 0 aliphatic rings. The van der Waals surface area contributed by atoms with E-state index in [-0.39, 0.29) is 0 Å². The van der Waals surface area contributed by atoms with E-state index in [4.69, 9.17) is 19.4 Å². The summed E-state index contributed by atoms with van der Waals surface area (Å²) in [6.45, 7) is 0. The van der Waals surface area contributed by atoms with Crippen molar-refractivity contribution in [1.82, 2.24) is 19.5 Å². The summed E-state index contributed by atoms with van der Waals surface area (Å²) in [7, 11) is 0. The van der Waals surface area contributed by atoms with Gasteiger partial charge >= 0.3 is 0 Å². The molecule has 0 saturated heterocycles. The van der Waals surface area contributed by atoms with Gasteiger partial charge in [0, 0.05) is 64.1 Å². The van der Waals surface area contributed by atoms with Crippen LogP contribution in [-0.4, -0.2) is 19.5 Å². The van der Waals surface area contributed by atoms with Gasteiger partial charge in [-0.3, -0.25) is 0 Å². The second kappa shape index (κ2) is 12.6. The number of aromatic nitrogens is 4. The van der Waals surface area contributed by atoms with Gasteiger partial charge in [0.1, 0.15) is 11.2 Å². The molecule has 0 aliphatic heterocycles. The zero-order valence-electron chi connectivity index (χ0n) is 30.4. The molecule has 0 bridgehead atoms. The molecule has 4 aromatic heterocycles. The van der Waals surface area contributed by atoms with Crippen molar-refractivity contribution in [2.75, 3.05) is 0 Å². The molecule has 8 aromatic carbocycles. The summed E-state index contributed by atoms with van der Waals surface area (Å²) in [5.41, 5.74) is 10.3. The molecule has 0 radical (unpaired) electrons. The Morgan fingerprint density at radius 3 is 1.60 bits per heavy atom. The largest absolute Gasteiger partial charge is 0.456 e. The van der Waals surface area contributed by atoms with Gasteiger partial charge in [0.05, 0.1) is 11.0 Å². The number of fused-ring (bicyclic) bond motifs is 9. The number of rotatable bonds is 5. The lowest BCUT2D eigenvalue weighted by molar-refractivity contribution is 0.669. The first-order valence-electron chi connectivity index (χ1n) is 19.0. The first-order chi connectivity index (χ1) is 28.2. The van der Waals surface area contributed by atoms with Gasteiger partial charge in [-0.05, 0) is 71.8 Å². The van der Waals surface area contributed by atoms with Crippen molar-refractivity contribution in [3.05, 3.63) is 182 Å². The van der Waals surface area contributed by atoms with E-state index in [1.54, 1.807) is 0 Å². The van der Waals surface area contributed by atoms with E-state index in [1.807, 2.05) is 78.1 Å². The van der Waals surface area contributed by atoms with Crippen LogP contribution in [0.3, 0.4) is 0 Å². The highest BCUT2D eigenvalue weighted by Gasteiger charge is 2.17. The minimum Gasteiger partial charge on any atom is -0.456 e. The maximum Gasteiger partial charge on any atom is 0.164 e. The van der Waals surface area contributed by atoms with Gasteiger partial charge in [-0.25, -0.2) is 15.0 Å². The lowest BCUT2D eigenvalue weighted by atomic mass is 10.0.